The van der Waals surface area contributed by atoms with Crippen molar-refractivity contribution in [3.8, 4) is 6.07 Å². The third-order valence-corrected chi connectivity index (χ3v) is 3.86. The van der Waals surface area contributed by atoms with E-state index in [1.54, 1.807) is 0 Å². The number of nitrogens with one attached hydrogen (secondary N) is 1. The van der Waals surface area contributed by atoms with E-state index in [0.717, 1.165) is 25.7 Å². The maximum absolute atomic E-state index is 11.4. The molecule has 0 aromatic rings. The molecule has 0 aromatic heterocycles. The van der Waals surface area contributed by atoms with Gasteiger partial charge >= 0.3 is 0 Å². The molecule has 4 nitrogen and oxygen atoms in total. The molecule has 16 heavy (non-hydrogen) atoms. The Hall–Kier alpha value is -0.730. The van der Waals surface area contributed by atoms with Crippen LogP contribution >= 0.6 is 11.8 Å². The molecule has 1 aliphatic carbocycles. The first kappa shape index (κ1) is 13.3. The summed E-state index contributed by atoms with van der Waals surface area (Å²) in [5, 5.41) is 20.5. The van der Waals surface area contributed by atoms with E-state index in [2.05, 4.69) is 5.32 Å². The summed E-state index contributed by atoms with van der Waals surface area (Å²) >= 11 is 1.31. The van der Waals surface area contributed by atoms with E-state index in [1.807, 2.05) is 6.07 Å². The Morgan fingerprint density at radius 1 is 1.50 bits per heavy atom. The summed E-state index contributed by atoms with van der Waals surface area (Å²) in [6, 6.07) is 1.98. The van der Waals surface area contributed by atoms with E-state index in [0.29, 0.717) is 18.1 Å². The zero-order chi connectivity index (χ0) is 11.9. The topological polar surface area (TPSA) is 73.1 Å². The Labute approximate surface area is 100 Å². The van der Waals surface area contributed by atoms with Gasteiger partial charge in [0.2, 0.25) is 5.91 Å². The van der Waals surface area contributed by atoms with E-state index >= 15 is 0 Å². The minimum atomic E-state index is -0.0877. The lowest BCUT2D eigenvalue weighted by Gasteiger charge is -2.26. The molecule has 0 aromatic carbocycles. The number of hydrogen-bond donors (Lipinski definition) is 2. The summed E-state index contributed by atoms with van der Waals surface area (Å²) in [6.07, 6.45) is 4.27. The summed E-state index contributed by atoms with van der Waals surface area (Å²) in [7, 11) is 0. The molecule has 0 saturated heterocycles. The fraction of sp³-hybridized carbons (Fsp3) is 0.818. The van der Waals surface area contributed by atoms with Crippen LogP contribution in [0, 0.1) is 16.7 Å². The second-order valence-electron chi connectivity index (χ2n) is 4.29. The fourth-order valence-electron chi connectivity index (χ4n) is 2.04. The smallest absolute Gasteiger partial charge is 0.230 e. The monoisotopic (exact) mass is 242 g/mol. The Morgan fingerprint density at radius 3 is 2.75 bits per heavy atom. The summed E-state index contributed by atoms with van der Waals surface area (Å²) in [6.45, 7) is 0.716. The number of carbonyl (C=O) groups is 1. The largest absolute Gasteiger partial charge is 0.396 e. The minimum absolute atomic E-state index is 0.0417. The standard InChI is InChI=1S/C11H18N2O2S/c12-5-6-16-7-10(15)13-8-11(9-14)3-1-2-4-11/h14H,1-4,6-9H2,(H,13,15). The Kier molecular flexibility index (Phi) is 5.64. The molecule has 1 rings (SSSR count). The minimum Gasteiger partial charge on any atom is -0.396 e. The number of nitrogens with zero attached hydrogens (tertiary/aromatic N) is 1. The molecule has 0 aliphatic heterocycles. The highest BCUT2D eigenvalue weighted by Gasteiger charge is 2.33. The van der Waals surface area contributed by atoms with Crippen LogP contribution in [0.1, 0.15) is 25.7 Å². The second kappa shape index (κ2) is 6.77. The van der Waals surface area contributed by atoms with Crippen LogP contribution in [0.2, 0.25) is 0 Å². The maximum Gasteiger partial charge on any atom is 0.230 e. The molecule has 0 spiro atoms. The van der Waals surface area contributed by atoms with Gasteiger partial charge in [-0.15, -0.1) is 11.8 Å². The molecule has 1 aliphatic rings. The van der Waals surface area contributed by atoms with Gasteiger partial charge < -0.3 is 10.4 Å². The van der Waals surface area contributed by atoms with Crippen LogP contribution < -0.4 is 5.32 Å². The average Bonchev–Trinajstić information content (AvgIpc) is 2.76. The van der Waals surface area contributed by atoms with Crippen molar-refractivity contribution in [1.29, 1.82) is 5.26 Å². The van der Waals surface area contributed by atoms with Gasteiger partial charge in [0.05, 0.1) is 24.2 Å². The van der Waals surface area contributed by atoms with E-state index in [9.17, 15) is 9.90 Å². The van der Waals surface area contributed by atoms with Gasteiger partial charge in [0, 0.05) is 12.0 Å². The van der Waals surface area contributed by atoms with Crippen molar-refractivity contribution in [1.82, 2.24) is 5.32 Å². The number of hydrogen-bond acceptors (Lipinski definition) is 4. The van der Waals surface area contributed by atoms with Crippen LogP contribution in [-0.4, -0.2) is 35.7 Å². The molecule has 0 bridgehead atoms. The molecule has 1 fully saturated rings. The number of aliphatic hydroxyl groups is 1. The van der Waals surface area contributed by atoms with Gasteiger partial charge in [-0.05, 0) is 12.8 Å². The van der Waals surface area contributed by atoms with Crippen molar-refractivity contribution in [2.45, 2.75) is 25.7 Å². The number of carbonyl (C=O) groups excluding carboxylic acids is 1. The van der Waals surface area contributed by atoms with Crippen molar-refractivity contribution in [2.24, 2.45) is 5.41 Å². The molecular formula is C11H18N2O2S. The maximum atomic E-state index is 11.4. The Bertz CT molecular complexity index is 270. The van der Waals surface area contributed by atoms with Crippen LogP contribution in [0.25, 0.3) is 0 Å². The van der Waals surface area contributed by atoms with Gasteiger partial charge in [-0.3, -0.25) is 4.79 Å². The van der Waals surface area contributed by atoms with Crippen LogP contribution in [0.3, 0.4) is 0 Å². The first-order valence-electron chi connectivity index (χ1n) is 5.55. The van der Waals surface area contributed by atoms with Crippen molar-refractivity contribution in [3.05, 3.63) is 0 Å². The van der Waals surface area contributed by atoms with Crippen LogP contribution in [0.5, 0.6) is 0 Å². The highest BCUT2D eigenvalue weighted by Crippen LogP contribution is 2.36. The molecule has 0 unspecified atom stereocenters. The van der Waals surface area contributed by atoms with E-state index < -0.39 is 0 Å². The van der Waals surface area contributed by atoms with Crippen molar-refractivity contribution >= 4 is 17.7 Å². The third-order valence-electron chi connectivity index (χ3n) is 3.06. The van der Waals surface area contributed by atoms with Gasteiger partial charge in [-0.25, -0.2) is 0 Å². The molecule has 0 radical (unpaired) electrons. The molecule has 5 heteroatoms. The first-order valence-corrected chi connectivity index (χ1v) is 6.70. The third kappa shape index (κ3) is 4.03. The normalized spacial score (nSPS) is 18.0. The predicted octanol–water partition coefficient (Wildman–Crippen LogP) is 0.912. The summed E-state index contributed by atoms with van der Waals surface area (Å²) < 4.78 is 0. The lowest BCUT2D eigenvalue weighted by atomic mass is 9.87. The number of rotatable bonds is 6. The fourth-order valence-corrected chi connectivity index (χ4v) is 2.52. The lowest BCUT2D eigenvalue weighted by Crippen LogP contribution is -2.39. The molecule has 90 valence electrons. The highest BCUT2D eigenvalue weighted by molar-refractivity contribution is 8.00. The molecule has 2 N–H and O–H groups in total. The van der Waals surface area contributed by atoms with Crippen molar-refractivity contribution in [3.63, 3.8) is 0 Å². The van der Waals surface area contributed by atoms with Gasteiger partial charge in [-0.1, -0.05) is 12.8 Å². The molecule has 0 atom stereocenters. The number of nitriles is 1. The van der Waals surface area contributed by atoms with Crippen molar-refractivity contribution < 1.29 is 9.90 Å². The second-order valence-corrected chi connectivity index (χ2v) is 5.28. The zero-order valence-electron chi connectivity index (χ0n) is 9.37. The summed E-state index contributed by atoms with van der Waals surface area (Å²) in [4.78, 5) is 11.4. The van der Waals surface area contributed by atoms with Crippen LogP contribution in [-0.2, 0) is 4.79 Å². The zero-order valence-corrected chi connectivity index (χ0v) is 10.2. The SMILES string of the molecule is N#CCSCC(=O)NCC1(CO)CCCC1. The Balaban J connectivity index is 2.22. The van der Waals surface area contributed by atoms with Gasteiger partial charge in [0.25, 0.3) is 0 Å². The predicted molar refractivity (Wildman–Crippen MR) is 63.9 cm³/mol. The van der Waals surface area contributed by atoms with Gasteiger partial charge in [0.1, 0.15) is 0 Å². The molecule has 1 amide bonds. The van der Waals surface area contributed by atoms with Crippen molar-refractivity contribution in [2.75, 3.05) is 24.7 Å². The average molecular weight is 242 g/mol. The Morgan fingerprint density at radius 2 is 2.19 bits per heavy atom. The van der Waals surface area contributed by atoms with E-state index in [-0.39, 0.29) is 17.9 Å². The summed E-state index contributed by atoms with van der Waals surface area (Å²) in [5.41, 5.74) is -0.0877. The number of aliphatic hydroxyl groups excluding tert-OH is 1. The number of thioether (sulfide) groups is 1. The van der Waals surface area contributed by atoms with E-state index in [4.69, 9.17) is 5.26 Å². The quantitative estimate of drug-likeness (QED) is 0.679. The summed E-state index contributed by atoms with van der Waals surface area (Å²) in [5.74, 6) is 0.633. The molecular weight excluding hydrogens is 224 g/mol. The first-order chi connectivity index (χ1) is 7.72. The van der Waals surface area contributed by atoms with Crippen LogP contribution in [0.4, 0.5) is 0 Å². The van der Waals surface area contributed by atoms with E-state index in [1.165, 1.54) is 11.8 Å². The molecule has 0 heterocycles. The van der Waals surface area contributed by atoms with Gasteiger partial charge in [-0.2, -0.15) is 5.26 Å². The molecule has 1 saturated carbocycles. The lowest BCUT2D eigenvalue weighted by molar-refractivity contribution is -0.119. The van der Waals surface area contributed by atoms with Crippen LogP contribution in [0.15, 0.2) is 0 Å². The van der Waals surface area contributed by atoms with Gasteiger partial charge in [0.15, 0.2) is 0 Å². The number of amides is 1. The highest BCUT2D eigenvalue weighted by atomic mass is 32.2.